The molecule has 8 nitrogen and oxygen atoms in total. The first-order chi connectivity index (χ1) is 13.7. The van der Waals surface area contributed by atoms with Gasteiger partial charge in [-0.05, 0) is 43.7 Å². The number of amidine groups is 1. The number of hydrogen-bond acceptors (Lipinski definition) is 5. The number of nitrogens with one attached hydrogen (secondary N) is 1. The van der Waals surface area contributed by atoms with Crippen molar-refractivity contribution in [2.45, 2.75) is 24.7 Å². The molecule has 1 aliphatic rings. The van der Waals surface area contributed by atoms with Crippen LogP contribution in [0, 0.1) is 6.92 Å². The normalized spacial score (nSPS) is 16.1. The molecule has 10 heteroatoms. The lowest BCUT2D eigenvalue weighted by atomic mass is 10.3. The molecule has 3 heterocycles. The Morgan fingerprint density at radius 2 is 1.97 bits per heavy atom. The third kappa shape index (κ3) is 3.77. The summed E-state index contributed by atoms with van der Waals surface area (Å²) in [6, 6.07) is 7.89. The van der Waals surface area contributed by atoms with Crippen LogP contribution in [0.25, 0.3) is 10.2 Å². The summed E-state index contributed by atoms with van der Waals surface area (Å²) in [5.74, 6) is 0.339. The number of amides is 1. The lowest BCUT2D eigenvalue weighted by Gasteiger charge is -2.11. The summed E-state index contributed by atoms with van der Waals surface area (Å²) in [7, 11) is -0.0820. The molecule has 0 saturated carbocycles. The van der Waals surface area contributed by atoms with Gasteiger partial charge in [-0.3, -0.25) is 9.48 Å². The van der Waals surface area contributed by atoms with E-state index in [1.165, 1.54) is 23.5 Å². The maximum atomic E-state index is 12.6. The minimum absolute atomic E-state index is 0.104. The van der Waals surface area contributed by atoms with Crippen molar-refractivity contribution in [3.05, 3.63) is 40.9 Å². The van der Waals surface area contributed by atoms with E-state index in [4.69, 9.17) is 0 Å². The monoisotopic (exact) mass is 431 g/mol. The Hall–Kier alpha value is -2.72. The molecule has 1 saturated heterocycles. The van der Waals surface area contributed by atoms with Crippen LogP contribution in [-0.2, 0) is 17.1 Å². The van der Waals surface area contributed by atoms with Crippen molar-refractivity contribution >= 4 is 49.0 Å². The molecule has 0 unspecified atom stereocenters. The van der Waals surface area contributed by atoms with Crippen LogP contribution < -0.4 is 5.32 Å². The highest BCUT2D eigenvalue weighted by Crippen LogP contribution is 2.28. The zero-order valence-electron chi connectivity index (χ0n) is 16.3. The van der Waals surface area contributed by atoms with Crippen molar-refractivity contribution in [1.82, 2.24) is 14.7 Å². The van der Waals surface area contributed by atoms with Crippen molar-refractivity contribution in [3.63, 3.8) is 0 Å². The van der Waals surface area contributed by atoms with Crippen LogP contribution in [0.4, 0.5) is 5.69 Å². The number of aromatic nitrogens is 2. The van der Waals surface area contributed by atoms with Crippen molar-refractivity contribution in [2.75, 3.05) is 18.9 Å². The Labute approximate surface area is 172 Å². The highest BCUT2D eigenvalue weighted by molar-refractivity contribution is 7.90. The summed E-state index contributed by atoms with van der Waals surface area (Å²) in [5.41, 5.74) is 1.40. The fraction of sp³-hybridized carbons (Fsp3) is 0.316. The third-order valence-electron chi connectivity index (χ3n) is 4.89. The first-order valence-electron chi connectivity index (χ1n) is 9.14. The molecule has 1 N–H and O–H groups in total. The van der Waals surface area contributed by atoms with E-state index in [1.54, 1.807) is 16.8 Å². The number of benzene rings is 1. The first kappa shape index (κ1) is 19.6. The smallest absolute Gasteiger partial charge is 0.283 e. The zero-order chi connectivity index (χ0) is 20.8. The Bertz CT molecular complexity index is 1190. The molecular formula is C19H21N5O3S2. The molecule has 0 bridgehead atoms. The summed E-state index contributed by atoms with van der Waals surface area (Å²) >= 11 is 1.37. The lowest BCUT2D eigenvalue weighted by molar-refractivity contribution is 0.103. The van der Waals surface area contributed by atoms with E-state index in [1.807, 2.05) is 32.0 Å². The fourth-order valence-electron chi connectivity index (χ4n) is 3.32. The Kier molecular flexibility index (Phi) is 4.91. The maximum Gasteiger partial charge on any atom is 0.283 e. The molecular weight excluding hydrogens is 410 g/mol. The van der Waals surface area contributed by atoms with Crippen LogP contribution in [0.1, 0.15) is 28.2 Å². The van der Waals surface area contributed by atoms with Gasteiger partial charge in [-0.15, -0.1) is 15.7 Å². The first-order valence-corrected chi connectivity index (χ1v) is 11.4. The average molecular weight is 432 g/mol. The quantitative estimate of drug-likeness (QED) is 0.685. The van der Waals surface area contributed by atoms with Gasteiger partial charge in [0.1, 0.15) is 10.7 Å². The maximum absolute atomic E-state index is 12.6. The minimum Gasteiger partial charge on any atom is -0.362 e. The molecule has 4 rings (SSSR count). The van der Waals surface area contributed by atoms with Gasteiger partial charge in [0, 0.05) is 38.1 Å². The number of nitrogens with zero attached hydrogens (tertiary/aromatic N) is 4. The molecule has 1 amide bonds. The Morgan fingerprint density at radius 1 is 1.24 bits per heavy atom. The predicted molar refractivity (Wildman–Crippen MR) is 114 cm³/mol. The standard InChI is InChI=1S/C19H21N5O3S2/c1-12-15-11-16(28-19(15)24(3)21-12)18(25)20-13-6-8-14(9-7-13)29(26,27)22-17-5-4-10-23(17)2/h6-9,11H,4-5,10H2,1-3H3,(H,20,25)/b22-17-. The average Bonchev–Trinajstić information content (AvgIpc) is 3.34. The molecule has 1 aliphatic heterocycles. The number of anilines is 1. The number of likely N-dealkylation sites (tertiary alicyclic amines) is 1. The zero-order valence-corrected chi connectivity index (χ0v) is 18.0. The summed E-state index contributed by atoms with van der Waals surface area (Å²) in [4.78, 5) is 16.0. The Balaban J connectivity index is 1.51. The van der Waals surface area contributed by atoms with Gasteiger partial charge >= 0.3 is 0 Å². The Morgan fingerprint density at radius 3 is 2.59 bits per heavy atom. The fourth-order valence-corrected chi connectivity index (χ4v) is 5.43. The summed E-state index contributed by atoms with van der Waals surface area (Å²) in [5, 5.41) is 8.10. The number of thiophene rings is 1. The van der Waals surface area contributed by atoms with Gasteiger partial charge in [0.25, 0.3) is 15.9 Å². The largest absolute Gasteiger partial charge is 0.362 e. The SMILES string of the molecule is Cc1nn(C)c2sc(C(=O)Nc3ccc(S(=O)(=O)/N=C4/CCCN4C)cc3)cc12. The van der Waals surface area contributed by atoms with E-state index >= 15 is 0 Å². The third-order valence-corrected chi connectivity index (χ3v) is 7.41. The number of rotatable bonds is 4. The molecule has 0 aliphatic carbocycles. The minimum atomic E-state index is -3.77. The molecule has 0 atom stereocenters. The molecule has 1 aromatic carbocycles. The van der Waals surface area contributed by atoms with Crippen molar-refractivity contribution in [2.24, 2.45) is 11.4 Å². The van der Waals surface area contributed by atoms with Gasteiger partial charge in [0.2, 0.25) is 0 Å². The van der Waals surface area contributed by atoms with Crippen molar-refractivity contribution < 1.29 is 13.2 Å². The van der Waals surface area contributed by atoms with Gasteiger partial charge < -0.3 is 10.2 Å². The van der Waals surface area contributed by atoms with Crippen LogP contribution in [0.3, 0.4) is 0 Å². The highest BCUT2D eigenvalue weighted by Gasteiger charge is 2.20. The van der Waals surface area contributed by atoms with E-state index in [-0.39, 0.29) is 10.8 Å². The molecule has 0 radical (unpaired) electrons. The van der Waals surface area contributed by atoms with Gasteiger partial charge in [-0.25, -0.2) is 0 Å². The summed E-state index contributed by atoms with van der Waals surface area (Å²) in [6.07, 6.45) is 1.57. The molecule has 3 aromatic rings. The predicted octanol–water partition coefficient (Wildman–Crippen LogP) is 3.01. The van der Waals surface area contributed by atoms with E-state index in [9.17, 15) is 13.2 Å². The number of aryl methyl sites for hydroxylation is 2. The molecule has 1 fully saturated rings. The number of fused-ring (bicyclic) bond motifs is 1. The number of sulfonamides is 1. The second kappa shape index (κ2) is 7.27. The topological polar surface area (TPSA) is 96.7 Å². The van der Waals surface area contributed by atoms with Crippen LogP contribution >= 0.6 is 11.3 Å². The molecule has 152 valence electrons. The number of carbonyl (C=O) groups excluding carboxylic acids is 1. The van der Waals surface area contributed by atoms with Crippen molar-refractivity contribution in [3.8, 4) is 0 Å². The van der Waals surface area contributed by atoms with Gasteiger partial charge in [-0.1, -0.05) is 0 Å². The van der Waals surface area contributed by atoms with Crippen LogP contribution in [0.5, 0.6) is 0 Å². The second-order valence-corrected chi connectivity index (χ2v) is 9.66. The van der Waals surface area contributed by atoms with Gasteiger partial charge in [0.05, 0.1) is 15.5 Å². The number of hydrogen-bond donors (Lipinski definition) is 1. The van der Waals surface area contributed by atoms with Crippen LogP contribution in [0.2, 0.25) is 0 Å². The second-order valence-electron chi connectivity index (χ2n) is 7.02. The summed E-state index contributed by atoms with van der Waals surface area (Å²) < 4.78 is 30.7. The van der Waals surface area contributed by atoms with Crippen LogP contribution in [0.15, 0.2) is 39.6 Å². The molecule has 2 aromatic heterocycles. The van der Waals surface area contributed by atoms with E-state index in [0.717, 1.165) is 28.9 Å². The number of carbonyl (C=O) groups is 1. The molecule has 0 spiro atoms. The molecule has 29 heavy (non-hydrogen) atoms. The van der Waals surface area contributed by atoms with E-state index in [0.29, 0.717) is 22.8 Å². The van der Waals surface area contributed by atoms with Crippen LogP contribution in [-0.4, -0.2) is 48.4 Å². The van der Waals surface area contributed by atoms with E-state index < -0.39 is 10.0 Å². The van der Waals surface area contributed by atoms with E-state index in [2.05, 4.69) is 14.8 Å². The van der Waals surface area contributed by atoms with Gasteiger partial charge in [0.15, 0.2) is 0 Å². The lowest BCUT2D eigenvalue weighted by Crippen LogP contribution is -2.20. The van der Waals surface area contributed by atoms with Crippen molar-refractivity contribution in [1.29, 1.82) is 0 Å². The summed E-state index contributed by atoms with van der Waals surface area (Å²) in [6.45, 7) is 2.72. The highest BCUT2D eigenvalue weighted by atomic mass is 32.2. The van der Waals surface area contributed by atoms with Gasteiger partial charge in [-0.2, -0.15) is 13.5 Å².